The Morgan fingerprint density at radius 3 is 2.13 bits per heavy atom. The molecule has 2 rings (SSSR count). The topological polar surface area (TPSA) is 35.5 Å². The molecule has 0 radical (unpaired) electrons. The first kappa shape index (κ1) is 17.1. The normalized spacial score (nSPS) is 12.5. The first-order chi connectivity index (χ1) is 10.9. The number of carbonyl (C=O) groups excluding carboxylic acids is 1. The first-order valence-corrected chi connectivity index (χ1v) is 7.90. The number of carbonyl (C=O) groups is 1. The third-order valence-corrected chi connectivity index (χ3v) is 3.58. The summed E-state index contributed by atoms with van der Waals surface area (Å²) in [6, 6.07) is 17.3. The van der Waals surface area contributed by atoms with Crippen LogP contribution >= 0.6 is 0 Å². The van der Waals surface area contributed by atoms with Crippen LogP contribution in [0.2, 0.25) is 0 Å². The molecule has 0 N–H and O–H groups in total. The summed E-state index contributed by atoms with van der Waals surface area (Å²) in [5, 5.41) is 0. The Bertz CT molecular complexity index is 624. The van der Waals surface area contributed by atoms with Gasteiger partial charge in [-0.15, -0.1) is 0 Å². The van der Waals surface area contributed by atoms with Gasteiger partial charge in [0.2, 0.25) is 6.10 Å². The minimum atomic E-state index is -0.753. The zero-order chi connectivity index (χ0) is 16.9. The second kappa shape index (κ2) is 7.32. The fraction of sp³-hybridized carbons (Fsp3) is 0.350. The first-order valence-electron chi connectivity index (χ1n) is 7.90. The highest BCUT2D eigenvalue weighted by atomic mass is 16.6. The van der Waals surface area contributed by atoms with Crippen molar-refractivity contribution in [3.05, 3.63) is 65.7 Å². The molecule has 23 heavy (non-hydrogen) atoms. The SMILES string of the molecule is CCOC(=O)C(Oc1ccc(C(C)(C)C)cc1)c1ccccc1. The lowest BCUT2D eigenvalue weighted by atomic mass is 9.87. The summed E-state index contributed by atoms with van der Waals surface area (Å²) in [6.07, 6.45) is -0.753. The van der Waals surface area contributed by atoms with Gasteiger partial charge in [0.05, 0.1) is 6.61 Å². The van der Waals surface area contributed by atoms with Gasteiger partial charge in [0.1, 0.15) is 5.75 Å². The van der Waals surface area contributed by atoms with Crippen molar-refractivity contribution in [1.82, 2.24) is 0 Å². The molecular formula is C20H24O3. The van der Waals surface area contributed by atoms with Crippen molar-refractivity contribution in [1.29, 1.82) is 0 Å². The van der Waals surface area contributed by atoms with Gasteiger partial charge in [0.15, 0.2) is 0 Å². The van der Waals surface area contributed by atoms with Crippen molar-refractivity contribution in [3.8, 4) is 5.75 Å². The monoisotopic (exact) mass is 312 g/mol. The van der Waals surface area contributed by atoms with Crippen molar-refractivity contribution >= 4 is 5.97 Å². The Kier molecular flexibility index (Phi) is 5.43. The van der Waals surface area contributed by atoms with E-state index in [1.54, 1.807) is 6.92 Å². The largest absolute Gasteiger partial charge is 0.474 e. The zero-order valence-electron chi connectivity index (χ0n) is 14.2. The standard InChI is InChI=1S/C20H24O3/c1-5-22-19(21)18(15-9-7-6-8-10-15)23-17-13-11-16(12-14-17)20(2,3)4/h6-14,18H,5H2,1-4H3. The molecule has 0 aliphatic heterocycles. The van der Waals surface area contributed by atoms with Crippen molar-refractivity contribution in [3.63, 3.8) is 0 Å². The molecular weight excluding hydrogens is 288 g/mol. The number of hydrogen-bond acceptors (Lipinski definition) is 3. The van der Waals surface area contributed by atoms with Gasteiger partial charge in [0, 0.05) is 5.56 Å². The van der Waals surface area contributed by atoms with E-state index < -0.39 is 6.10 Å². The van der Waals surface area contributed by atoms with Crippen LogP contribution in [0.15, 0.2) is 54.6 Å². The van der Waals surface area contributed by atoms with E-state index in [1.807, 2.05) is 54.6 Å². The molecule has 122 valence electrons. The van der Waals surface area contributed by atoms with Gasteiger partial charge < -0.3 is 9.47 Å². The van der Waals surface area contributed by atoms with E-state index >= 15 is 0 Å². The number of benzene rings is 2. The average molecular weight is 312 g/mol. The summed E-state index contributed by atoms with van der Waals surface area (Å²) in [4.78, 5) is 12.2. The van der Waals surface area contributed by atoms with E-state index in [0.29, 0.717) is 12.4 Å². The molecule has 0 aromatic heterocycles. The van der Waals surface area contributed by atoms with E-state index in [-0.39, 0.29) is 11.4 Å². The minimum Gasteiger partial charge on any atom is -0.474 e. The zero-order valence-corrected chi connectivity index (χ0v) is 14.2. The van der Waals surface area contributed by atoms with E-state index in [4.69, 9.17) is 9.47 Å². The Morgan fingerprint density at radius 2 is 1.61 bits per heavy atom. The molecule has 3 nitrogen and oxygen atoms in total. The summed E-state index contributed by atoms with van der Waals surface area (Å²) < 4.78 is 11.1. The second-order valence-electron chi connectivity index (χ2n) is 6.44. The van der Waals surface area contributed by atoms with Crippen LogP contribution in [0.5, 0.6) is 5.75 Å². The lowest BCUT2D eigenvalue weighted by Gasteiger charge is -2.21. The van der Waals surface area contributed by atoms with Crippen molar-refractivity contribution in [2.75, 3.05) is 6.61 Å². The average Bonchev–Trinajstić information content (AvgIpc) is 2.53. The van der Waals surface area contributed by atoms with Gasteiger partial charge in [-0.25, -0.2) is 4.79 Å². The summed E-state index contributed by atoms with van der Waals surface area (Å²) in [6.45, 7) is 8.60. The smallest absolute Gasteiger partial charge is 0.352 e. The Labute approximate surface area is 138 Å². The molecule has 0 spiro atoms. The molecule has 0 saturated carbocycles. The molecule has 2 aromatic rings. The molecule has 2 aromatic carbocycles. The third kappa shape index (κ3) is 4.59. The fourth-order valence-corrected chi connectivity index (χ4v) is 2.27. The van der Waals surface area contributed by atoms with Crippen LogP contribution in [-0.2, 0) is 14.9 Å². The number of hydrogen-bond donors (Lipinski definition) is 0. The maximum Gasteiger partial charge on any atom is 0.352 e. The van der Waals surface area contributed by atoms with E-state index in [2.05, 4.69) is 20.8 Å². The molecule has 3 heteroatoms. The minimum absolute atomic E-state index is 0.0818. The number of ether oxygens (including phenoxy) is 2. The maximum absolute atomic E-state index is 12.2. The van der Waals surface area contributed by atoms with E-state index in [0.717, 1.165) is 5.56 Å². The van der Waals surface area contributed by atoms with Crippen molar-refractivity contribution in [2.45, 2.75) is 39.2 Å². The van der Waals surface area contributed by atoms with Gasteiger partial charge >= 0.3 is 5.97 Å². The van der Waals surface area contributed by atoms with Crippen LogP contribution in [-0.4, -0.2) is 12.6 Å². The molecule has 0 aliphatic carbocycles. The summed E-state index contributed by atoms with van der Waals surface area (Å²) in [5.74, 6) is 0.276. The Morgan fingerprint density at radius 1 is 1.00 bits per heavy atom. The van der Waals surface area contributed by atoms with E-state index in [9.17, 15) is 4.79 Å². The number of esters is 1. The highest BCUT2D eigenvalue weighted by Gasteiger charge is 2.24. The predicted octanol–water partition coefficient (Wildman–Crippen LogP) is 4.67. The Balaban J connectivity index is 2.22. The van der Waals surface area contributed by atoms with Gasteiger partial charge in [-0.1, -0.05) is 63.2 Å². The molecule has 1 atom stereocenters. The fourth-order valence-electron chi connectivity index (χ4n) is 2.27. The predicted molar refractivity (Wildman–Crippen MR) is 91.6 cm³/mol. The van der Waals surface area contributed by atoms with Crippen LogP contribution in [0.4, 0.5) is 0 Å². The lowest BCUT2D eigenvalue weighted by molar-refractivity contribution is -0.151. The summed E-state index contributed by atoms with van der Waals surface area (Å²) in [7, 11) is 0. The third-order valence-electron chi connectivity index (χ3n) is 3.58. The van der Waals surface area contributed by atoms with Crippen LogP contribution in [0.25, 0.3) is 0 Å². The molecule has 0 amide bonds. The summed E-state index contributed by atoms with van der Waals surface area (Å²) >= 11 is 0. The molecule has 0 fully saturated rings. The molecule has 0 aliphatic rings. The van der Waals surface area contributed by atoms with Gasteiger partial charge in [-0.3, -0.25) is 0 Å². The van der Waals surface area contributed by atoms with Gasteiger partial charge in [0.25, 0.3) is 0 Å². The van der Waals surface area contributed by atoms with E-state index in [1.165, 1.54) is 5.56 Å². The molecule has 1 unspecified atom stereocenters. The van der Waals surface area contributed by atoms with Crippen LogP contribution in [0.3, 0.4) is 0 Å². The van der Waals surface area contributed by atoms with Crippen LogP contribution in [0, 0.1) is 0 Å². The molecule has 0 bridgehead atoms. The van der Waals surface area contributed by atoms with Crippen LogP contribution < -0.4 is 4.74 Å². The number of rotatable bonds is 5. The van der Waals surface area contributed by atoms with Crippen molar-refractivity contribution < 1.29 is 14.3 Å². The summed E-state index contributed by atoms with van der Waals surface area (Å²) in [5.41, 5.74) is 2.08. The highest BCUT2D eigenvalue weighted by Crippen LogP contribution is 2.27. The van der Waals surface area contributed by atoms with Gasteiger partial charge in [-0.05, 0) is 30.0 Å². The van der Waals surface area contributed by atoms with Gasteiger partial charge in [-0.2, -0.15) is 0 Å². The molecule has 0 heterocycles. The van der Waals surface area contributed by atoms with Crippen LogP contribution in [0.1, 0.15) is 44.9 Å². The quantitative estimate of drug-likeness (QED) is 0.753. The molecule has 0 saturated heterocycles. The Hall–Kier alpha value is -2.29. The lowest BCUT2D eigenvalue weighted by Crippen LogP contribution is -2.21. The second-order valence-corrected chi connectivity index (χ2v) is 6.44. The maximum atomic E-state index is 12.2. The highest BCUT2D eigenvalue weighted by molar-refractivity contribution is 5.77. The van der Waals surface area contributed by atoms with Crippen molar-refractivity contribution in [2.24, 2.45) is 0 Å².